The number of nitrogens with one attached hydrogen (secondary N) is 1. The smallest absolute Gasteiger partial charge is 0.0685 e. The van der Waals surface area contributed by atoms with Gasteiger partial charge in [0.15, 0.2) is 0 Å². The molecule has 1 N–H and O–H groups in total. The third-order valence-electron chi connectivity index (χ3n) is 5.35. The van der Waals surface area contributed by atoms with Crippen molar-refractivity contribution in [2.75, 3.05) is 6.61 Å². The normalized spacial score (nSPS) is 32.5. The summed E-state index contributed by atoms with van der Waals surface area (Å²) in [5, 5.41) is 3.87. The summed E-state index contributed by atoms with van der Waals surface area (Å²) in [6.45, 7) is 10.2. The van der Waals surface area contributed by atoms with Crippen LogP contribution >= 0.6 is 0 Å². The van der Waals surface area contributed by atoms with E-state index in [-0.39, 0.29) is 5.41 Å². The van der Waals surface area contributed by atoms with Crippen LogP contribution in [0.25, 0.3) is 0 Å². The lowest BCUT2D eigenvalue weighted by Gasteiger charge is -2.55. The van der Waals surface area contributed by atoms with Gasteiger partial charge in [-0.2, -0.15) is 0 Å². The van der Waals surface area contributed by atoms with Gasteiger partial charge in [-0.15, -0.1) is 0 Å². The summed E-state index contributed by atoms with van der Waals surface area (Å²) in [4.78, 5) is 0. The van der Waals surface area contributed by atoms with E-state index in [9.17, 15) is 0 Å². The van der Waals surface area contributed by atoms with Crippen LogP contribution in [-0.4, -0.2) is 24.8 Å². The predicted molar refractivity (Wildman–Crippen MR) is 82.9 cm³/mol. The summed E-state index contributed by atoms with van der Waals surface area (Å²) in [5.41, 5.74) is 3.14. The molecule has 20 heavy (non-hydrogen) atoms. The van der Waals surface area contributed by atoms with Crippen molar-refractivity contribution in [2.24, 2.45) is 11.3 Å². The van der Waals surface area contributed by atoms with Crippen molar-refractivity contribution >= 4 is 0 Å². The van der Waals surface area contributed by atoms with Gasteiger partial charge >= 0.3 is 0 Å². The number of hydrogen-bond acceptors (Lipinski definition) is 2. The monoisotopic (exact) mass is 273 g/mol. The Bertz CT molecular complexity index is 482. The van der Waals surface area contributed by atoms with Gasteiger partial charge in [-0.25, -0.2) is 0 Å². The van der Waals surface area contributed by atoms with Crippen molar-refractivity contribution in [3.63, 3.8) is 0 Å². The quantitative estimate of drug-likeness (QED) is 0.908. The molecule has 4 atom stereocenters. The number of hydrogen-bond donors (Lipinski definition) is 1. The molecule has 1 saturated carbocycles. The van der Waals surface area contributed by atoms with Crippen LogP contribution in [0, 0.1) is 18.3 Å². The average molecular weight is 273 g/mol. The maximum absolute atomic E-state index is 5.88. The molecule has 110 valence electrons. The third-order valence-corrected chi connectivity index (χ3v) is 5.35. The van der Waals surface area contributed by atoms with E-state index >= 15 is 0 Å². The zero-order valence-corrected chi connectivity index (χ0v) is 13.1. The molecule has 0 amide bonds. The Hall–Kier alpha value is -0.860. The van der Waals surface area contributed by atoms with Crippen LogP contribution < -0.4 is 5.32 Å². The fraction of sp³-hybridized carbons (Fsp3) is 0.667. The Morgan fingerprint density at radius 2 is 2.10 bits per heavy atom. The van der Waals surface area contributed by atoms with Crippen LogP contribution in [0.4, 0.5) is 0 Å². The summed E-state index contributed by atoms with van der Waals surface area (Å²) in [6, 6.07) is 9.84. The van der Waals surface area contributed by atoms with Crippen molar-refractivity contribution in [1.29, 1.82) is 0 Å². The van der Waals surface area contributed by atoms with Crippen LogP contribution in [0.2, 0.25) is 0 Å². The van der Waals surface area contributed by atoms with Crippen LogP contribution in [0.15, 0.2) is 24.3 Å². The molecule has 2 aliphatic rings. The van der Waals surface area contributed by atoms with E-state index in [0.29, 0.717) is 18.2 Å². The molecule has 0 aromatic heterocycles. The van der Waals surface area contributed by atoms with Gasteiger partial charge < -0.3 is 10.1 Å². The standard InChI is InChI=1S/C18H27NO/c1-12-7-5-6-8-14(12)11-13(2)19-16-15-9-10-20-17(15)18(16,3)4/h5-8,13,15-17,19H,9-11H2,1-4H3. The molecule has 1 aliphatic carbocycles. The van der Waals surface area contributed by atoms with Crippen LogP contribution in [0.1, 0.15) is 38.3 Å². The highest BCUT2D eigenvalue weighted by Gasteiger charge is 2.59. The molecule has 2 heteroatoms. The highest BCUT2D eigenvalue weighted by molar-refractivity contribution is 5.26. The molecule has 2 fully saturated rings. The van der Waals surface area contributed by atoms with Crippen LogP contribution in [0.5, 0.6) is 0 Å². The molecule has 4 unspecified atom stereocenters. The minimum Gasteiger partial charge on any atom is -0.377 e. The molecule has 1 heterocycles. The van der Waals surface area contributed by atoms with Gasteiger partial charge in [-0.05, 0) is 37.8 Å². The molecule has 3 rings (SSSR count). The molecule has 1 aliphatic heterocycles. The average Bonchev–Trinajstić information content (AvgIpc) is 2.86. The largest absolute Gasteiger partial charge is 0.377 e. The first-order chi connectivity index (χ1) is 9.50. The fourth-order valence-electron chi connectivity index (χ4n) is 4.20. The second-order valence-corrected chi connectivity index (χ2v) is 7.24. The molecule has 1 aromatic rings. The summed E-state index contributed by atoms with van der Waals surface area (Å²) in [5.74, 6) is 0.726. The summed E-state index contributed by atoms with van der Waals surface area (Å²) in [6.07, 6.45) is 2.81. The van der Waals surface area contributed by atoms with Crippen molar-refractivity contribution < 1.29 is 4.74 Å². The zero-order chi connectivity index (χ0) is 14.3. The lowest BCUT2D eigenvalue weighted by atomic mass is 9.57. The fourth-order valence-corrected chi connectivity index (χ4v) is 4.20. The molecular weight excluding hydrogens is 246 g/mol. The predicted octanol–water partition coefficient (Wildman–Crippen LogP) is 3.33. The molecule has 2 nitrogen and oxygen atoms in total. The Morgan fingerprint density at radius 3 is 2.85 bits per heavy atom. The summed E-state index contributed by atoms with van der Waals surface area (Å²) < 4.78 is 5.88. The van der Waals surface area contributed by atoms with E-state index in [4.69, 9.17) is 4.74 Å². The SMILES string of the molecule is Cc1ccccc1CC(C)NC1C2CCOC2C1(C)C. The Morgan fingerprint density at radius 1 is 1.35 bits per heavy atom. The minimum absolute atomic E-state index is 0.279. The number of benzene rings is 1. The first-order valence-electron chi connectivity index (χ1n) is 7.92. The number of rotatable bonds is 4. The third kappa shape index (κ3) is 2.29. The van der Waals surface area contributed by atoms with Crippen molar-refractivity contribution in [2.45, 2.75) is 58.7 Å². The molecule has 1 aromatic carbocycles. The van der Waals surface area contributed by atoms with Gasteiger partial charge in [0.25, 0.3) is 0 Å². The maximum Gasteiger partial charge on any atom is 0.0685 e. The highest BCUT2D eigenvalue weighted by atomic mass is 16.5. The molecule has 0 radical (unpaired) electrons. The number of fused-ring (bicyclic) bond motifs is 1. The van der Waals surface area contributed by atoms with Gasteiger partial charge in [0.05, 0.1) is 6.10 Å². The van der Waals surface area contributed by atoms with Gasteiger partial charge in [0, 0.05) is 30.0 Å². The Labute approximate surface area is 122 Å². The van der Waals surface area contributed by atoms with E-state index < -0.39 is 0 Å². The van der Waals surface area contributed by atoms with E-state index in [0.717, 1.165) is 18.9 Å². The number of aryl methyl sites for hydroxylation is 1. The minimum atomic E-state index is 0.279. The van der Waals surface area contributed by atoms with E-state index in [1.54, 1.807) is 0 Å². The lowest BCUT2D eigenvalue weighted by molar-refractivity contribution is -0.115. The topological polar surface area (TPSA) is 21.3 Å². The molecule has 0 bridgehead atoms. The lowest BCUT2D eigenvalue weighted by Crippen LogP contribution is -2.67. The van der Waals surface area contributed by atoms with Gasteiger partial charge in [0.2, 0.25) is 0 Å². The summed E-state index contributed by atoms with van der Waals surface area (Å²) in [7, 11) is 0. The van der Waals surface area contributed by atoms with Crippen LogP contribution in [0.3, 0.4) is 0 Å². The summed E-state index contributed by atoms with van der Waals surface area (Å²) >= 11 is 0. The van der Waals surface area contributed by atoms with E-state index in [1.165, 1.54) is 17.5 Å². The van der Waals surface area contributed by atoms with Crippen molar-refractivity contribution in [1.82, 2.24) is 5.32 Å². The molecule has 1 saturated heterocycles. The first kappa shape index (κ1) is 14.1. The van der Waals surface area contributed by atoms with Gasteiger partial charge in [0.1, 0.15) is 0 Å². The molecule has 0 spiro atoms. The van der Waals surface area contributed by atoms with E-state index in [1.807, 2.05) is 0 Å². The molecular formula is C18H27NO. The van der Waals surface area contributed by atoms with Gasteiger partial charge in [-0.3, -0.25) is 0 Å². The Kier molecular flexibility index (Phi) is 3.64. The zero-order valence-electron chi connectivity index (χ0n) is 13.1. The van der Waals surface area contributed by atoms with Gasteiger partial charge in [-0.1, -0.05) is 38.1 Å². The number of ether oxygens (including phenoxy) is 1. The van der Waals surface area contributed by atoms with Crippen molar-refractivity contribution in [3.05, 3.63) is 35.4 Å². The maximum atomic E-state index is 5.88. The highest BCUT2D eigenvalue weighted by Crippen LogP contribution is 2.52. The Balaban J connectivity index is 1.62. The van der Waals surface area contributed by atoms with Crippen molar-refractivity contribution in [3.8, 4) is 0 Å². The van der Waals surface area contributed by atoms with E-state index in [2.05, 4.69) is 57.3 Å². The second-order valence-electron chi connectivity index (χ2n) is 7.24. The van der Waals surface area contributed by atoms with Crippen LogP contribution in [-0.2, 0) is 11.2 Å². The first-order valence-corrected chi connectivity index (χ1v) is 7.92. The second kappa shape index (κ2) is 5.16.